The van der Waals surface area contributed by atoms with Crippen molar-refractivity contribution < 1.29 is 0 Å². The second-order valence-corrected chi connectivity index (χ2v) is 7.61. The van der Waals surface area contributed by atoms with Gasteiger partial charge in [-0.3, -0.25) is 14.8 Å². The molecule has 0 amide bonds. The Bertz CT molecular complexity index is 1460. The van der Waals surface area contributed by atoms with Gasteiger partial charge in [-0.15, -0.1) is 0 Å². The summed E-state index contributed by atoms with van der Waals surface area (Å²) in [6.45, 7) is 0. The van der Waals surface area contributed by atoms with Gasteiger partial charge < -0.3 is 0 Å². The minimum atomic E-state index is 0.688. The minimum Gasteiger partial charge on any atom is -0.292 e. The van der Waals surface area contributed by atoms with Crippen molar-refractivity contribution in [2.45, 2.75) is 0 Å². The van der Waals surface area contributed by atoms with Gasteiger partial charge in [0.1, 0.15) is 0 Å². The Hall–Kier alpha value is -3.56. The molecule has 138 valence electrons. The molecule has 0 fully saturated rings. The molecular weight excluding hydrogens is 378 g/mol. The van der Waals surface area contributed by atoms with Crippen LogP contribution in [0.1, 0.15) is 0 Å². The maximum Gasteiger partial charge on any atom is 0.0803 e. The molecule has 0 radical (unpaired) electrons. The molecule has 6 rings (SSSR count). The summed E-state index contributed by atoms with van der Waals surface area (Å²) in [4.78, 5) is 4.51. The van der Waals surface area contributed by atoms with Crippen LogP contribution in [0, 0.1) is 0 Å². The quantitative estimate of drug-likeness (QED) is 0.340. The summed E-state index contributed by atoms with van der Waals surface area (Å²) < 4.78 is 2.18. The van der Waals surface area contributed by atoms with E-state index in [2.05, 4.69) is 69.4 Å². The first-order valence-corrected chi connectivity index (χ1v) is 9.89. The third-order valence-electron chi connectivity index (χ3n) is 5.47. The number of benzene rings is 3. The van der Waals surface area contributed by atoms with E-state index < -0.39 is 0 Å². The van der Waals surface area contributed by atoms with E-state index in [9.17, 15) is 0 Å². The summed E-state index contributed by atoms with van der Waals surface area (Å²) in [6, 6.07) is 29.1. The van der Waals surface area contributed by atoms with Gasteiger partial charge >= 0.3 is 0 Å². The molecule has 0 saturated heterocycles. The van der Waals surface area contributed by atoms with Gasteiger partial charge in [-0.25, -0.2) is 0 Å². The summed E-state index contributed by atoms with van der Waals surface area (Å²) in [5.74, 6) is 0. The van der Waals surface area contributed by atoms with E-state index in [-0.39, 0.29) is 0 Å². The van der Waals surface area contributed by atoms with Crippen LogP contribution >= 0.6 is 11.6 Å². The molecular formula is C25H16ClN3. The third-order valence-corrected chi connectivity index (χ3v) is 5.71. The van der Waals surface area contributed by atoms with Crippen LogP contribution in [0.4, 0.5) is 0 Å². The fraction of sp³-hybridized carbons (Fsp3) is 0. The Morgan fingerprint density at radius 2 is 1.62 bits per heavy atom. The SMILES string of the molecule is Clc1ccc2c(-n3[nH]c(-c4ccccc4)c4cc5ccccc5c3-4)ccnc2c1. The summed E-state index contributed by atoms with van der Waals surface area (Å²) in [7, 11) is 0. The number of rotatable bonds is 2. The van der Waals surface area contributed by atoms with Gasteiger partial charge in [0, 0.05) is 33.1 Å². The van der Waals surface area contributed by atoms with E-state index in [0.717, 1.165) is 27.8 Å². The summed E-state index contributed by atoms with van der Waals surface area (Å²) in [5.41, 5.74) is 6.57. The second-order valence-electron chi connectivity index (χ2n) is 7.17. The predicted octanol–water partition coefficient (Wildman–Crippen LogP) is 6.93. The van der Waals surface area contributed by atoms with Crippen LogP contribution in [0.15, 0.2) is 91.1 Å². The number of fused-ring (bicyclic) bond motifs is 4. The van der Waals surface area contributed by atoms with E-state index >= 15 is 0 Å². The second kappa shape index (κ2) is 6.23. The first-order valence-electron chi connectivity index (χ1n) is 9.52. The van der Waals surface area contributed by atoms with Crippen LogP contribution in [0.5, 0.6) is 0 Å². The van der Waals surface area contributed by atoms with Crippen molar-refractivity contribution in [2.75, 3.05) is 0 Å². The standard InChI is InChI=1S/C25H16ClN3/c26-18-10-11-20-22(15-18)27-13-12-23(20)29-25-19-9-5-4-8-17(19)14-21(25)24(28-29)16-6-2-1-3-7-16/h1-15,28H. The molecule has 3 aromatic carbocycles. The van der Waals surface area contributed by atoms with Gasteiger partial charge in [-0.1, -0.05) is 66.2 Å². The average molecular weight is 394 g/mol. The molecule has 1 aliphatic carbocycles. The molecule has 0 saturated carbocycles. The van der Waals surface area contributed by atoms with Crippen molar-refractivity contribution in [3.63, 3.8) is 0 Å². The normalized spacial score (nSPS) is 11.6. The molecule has 0 unspecified atom stereocenters. The lowest BCUT2D eigenvalue weighted by Crippen LogP contribution is -1.99. The number of nitrogens with zero attached hydrogens (tertiary/aromatic N) is 2. The van der Waals surface area contributed by atoms with Gasteiger partial charge in [0.2, 0.25) is 0 Å². The molecule has 1 N–H and O–H groups in total. The van der Waals surface area contributed by atoms with Crippen molar-refractivity contribution in [2.24, 2.45) is 0 Å². The smallest absolute Gasteiger partial charge is 0.0803 e. The molecule has 4 aromatic rings. The van der Waals surface area contributed by atoms with Gasteiger partial charge in [0.05, 0.1) is 22.6 Å². The molecule has 1 aromatic heterocycles. The maximum absolute atomic E-state index is 6.20. The van der Waals surface area contributed by atoms with E-state index in [1.807, 2.05) is 36.5 Å². The molecule has 0 spiro atoms. The highest BCUT2D eigenvalue weighted by Gasteiger charge is 2.23. The van der Waals surface area contributed by atoms with E-state index in [1.165, 1.54) is 22.0 Å². The van der Waals surface area contributed by atoms with Gasteiger partial charge in [0.15, 0.2) is 0 Å². The lowest BCUT2D eigenvalue weighted by atomic mass is 10.1. The first kappa shape index (κ1) is 16.4. The Labute approximate surface area is 172 Å². The van der Waals surface area contributed by atoms with Crippen LogP contribution in [0.25, 0.3) is 49.9 Å². The van der Waals surface area contributed by atoms with Gasteiger partial charge in [-0.2, -0.15) is 0 Å². The first-order chi connectivity index (χ1) is 14.3. The highest BCUT2D eigenvalue weighted by atomic mass is 35.5. The molecule has 0 bridgehead atoms. The molecule has 29 heavy (non-hydrogen) atoms. The molecule has 0 atom stereocenters. The number of pyridine rings is 1. The highest BCUT2D eigenvalue weighted by Crippen LogP contribution is 2.42. The largest absolute Gasteiger partial charge is 0.292 e. The van der Waals surface area contributed by atoms with E-state index in [0.29, 0.717) is 5.02 Å². The zero-order chi connectivity index (χ0) is 19.4. The topological polar surface area (TPSA) is 33.6 Å². The zero-order valence-corrected chi connectivity index (χ0v) is 16.2. The van der Waals surface area contributed by atoms with Crippen molar-refractivity contribution in [1.82, 2.24) is 14.8 Å². The van der Waals surface area contributed by atoms with Crippen molar-refractivity contribution in [3.05, 3.63) is 96.1 Å². The predicted molar refractivity (Wildman–Crippen MR) is 120 cm³/mol. The summed E-state index contributed by atoms with van der Waals surface area (Å²) in [6.07, 6.45) is 1.83. The fourth-order valence-electron chi connectivity index (χ4n) is 4.17. The summed E-state index contributed by atoms with van der Waals surface area (Å²) in [5, 5.41) is 7.85. The Morgan fingerprint density at radius 1 is 0.793 bits per heavy atom. The number of aromatic nitrogens is 3. The lowest BCUT2D eigenvalue weighted by Gasteiger charge is -2.10. The zero-order valence-electron chi connectivity index (χ0n) is 15.4. The van der Waals surface area contributed by atoms with Crippen LogP contribution in [0.2, 0.25) is 5.02 Å². The molecule has 4 heteroatoms. The van der Waals surface area contributed by atoms with E-state index in [4.69, 9.17) is 11.6 Å². The van der Waals surface area contributed by atoms with E-state index in [1.54, 1.807) is 0 Å². The fourth-order valence-corrected chi connectivity index (χ4v) is 4.34. The molecule has 1 aliphatic heterocycles. The number of hydrogen-bond donors (Lipinski definition) is 1. The Morgan fingerprint density at radius 3 is 2.52 bits per heavy atom. The number of H-pyrrole nitrogens is 1. The maximum atomic E-state index is 6.20. The van der Waals surface area contributed by atoms with Crippen molar-refractivity contribution in [1.29, 1.82) is 0 Å². The van der Waals surface area contributed by atoms with Crippen LogP contribution in [-0.2, 0) is 0 Å². The van der Waals surface area contributed by atoms with Crippen LogP contribution in [0.3, 0.4) is 0 Å². The highest BCUT2D eigenvalue weighted by molar-refractivity contribution is 6.31. The molecule has 3 nitrogen and oxygen atoms in total. The average Bonchev–Trinajstić information content (AvgIpc) is 3.31. The molecule has 2 heterocycles. The summed E-state index contributed by atoms with van der Waals surface area (Å²) >= 11 is 6.20. The van der Waals surface area contributed by atoms with Crippen LogP contribution in [-0.4, -0.2) is 14.8 Å². The number of aromatic amines is 1. The molecule has 2 aliphatic rings. The minimum absolute atomic E-state index is 0.688. The number of hydrogen-bond acceptors (Lipinski definition) is 1. The van der Waals surface area contributed by atoms with Crippen molar-refractivity contribution >= 4 is 33.3 Å². The lowest BCUT2D eigenvalue weighted by molar-refractivity contribution is 0.905. The van der Waals surface area contributed by atoms with Crippen molar-refractivity contribution in [3.8, 4) is 28.2 Å². The third kappa shape index (κ3) is 2.48. The van der Waals surface area contributed by atoms with Gasteiger partial charge in [-0.05, 0) is 35.7 Å². The monoisotopic (exact) mass is 393 g/mol. The number of halogens is 1. The Kier molecular flexibility index (Phi) is 3.52. The Balaban J connectivity index is 1.73. The number of nitrogens with one attached hydrogen (secondary N) is 1. The van der Waals surface area contributed by atoms with Crippen LogP contribution < -0.4 is 0 Å². The van der Waals surface area contributed by atoms with Gasteiger partial charge in [0.25, 0.3) is 0 Å².